The molecule has 0 aromatic heterocycles. The van der Waals surface area contributed by atoms with Crippen molar-refractivity contribution < 1.29 is 0 Å². The van der Waals surface area contributed by atoms with Gasteiger partial charge in [0.05, 0.1) is 0 Å². The molecule has 1 atom stereocenters. The highest BCUT2D eigenvalue weighted by molar-refractivity contribution is 5.24. The second-order valence-electron chi connectivity index (χ2n) is 6.07. The summed E-state index contributed by atoms with van der Waals surface area (Å²) in [6.45, 7) is 7.97. The van der Waals surface area contributed by atoms with Gasteiger partial charge in [-0.15, -0.1) is 0 Å². The number of hydrogen-bond acceptors (Lipinski definition) is 2. The summed E-state index contributed by atoms with van der Waals surface area (Å²) in [6, 6.07) is 9.90. The molecule has 1 unspecified atom stereocenters. The van der Waals surface area contributed by atoms with Gasteiger partial charge in [0.2, 0.25) is 0 Å². The molecule has 19 heavy (non-hydrogen) atoms. The van der Waals surface area contributed by atoms with Gasteiger partial charge in [-0.3, -0.25) is 4.90 Å². The number of likely N-dealkylation sites (tertiary alicyclic amines) is 1. The van der Waals surface area contributed by atoms with Crippen molar-refractivity contribution >= 4 is 0 Å². The van der Waals surface area contributed by atoms with Crippen LogP contribution in [-0.2, 0) is 6.54 Å². The first-order chi connectivity index (χ1) is 9.20. The van der Waals surface area contributed by atoms with Crippen LogP contribution in [0.25, 0.3) is 0 Å². The molecule has 2 rings (SSSR count). The zero-order valence-corrected chi connectivity index (χ0v) is 12.7. The molecule has 1 aliphatic heterocycles. The fourth-order valence-corrected chi connectivity index (χ4v) is 2.98. The fraction of sp³-hybridized carbons (Fsp3) is 0.647. The van der Waals surface area contributed by atoms with E-state index in [9.17, 15) is 0 Å². The minimum absolute atomic E-state index is 0.626. The second kappa shape index (κ2) is 7.06. The van der Waals surface area contributed by atoms with Gasteiger partial charge in [-0.25, -0.2) is 0 Å². The number of piperidine rings is 1. The van der Waals surface area contributed by atoms with Crippen molar-refractivity contribution in [3.05, 3.63) is 35.4 Å². The van der Waals surface area contributed by atoms with Crippen molar-refractivity contribution in [2.75, 3.05) is 20.1 Å². The lowest BCUT2D eigenvalue weighted by molar-refractivity contribution is 0.139. The third kappa shape index (κ3) is 4.05. The molecule has 0 bridgehead atoms. The molecular weight excluding hydrogens is 232 g/mol. The normalized spacial score (nSPS) is 20.9. The van der Waals surface area contributed by atoms with Gasteiger partial charge in [0, 0.05) is 19.1 Å². The number of nitrogens with zero attached hydrogens (tertiary/aromatic N) is 1. The topological polar surface area (TPSA) is 15.3 Å². The Kier molecular flexibility index (Phi) is 5.41. The van der Waals surface area contributed by atoms with E-state index in [1.54, 1.807) is 0 Å². The summed E-state index contributed by atoms with van der Waals surface area (Å²) in [5.41, 5.74) is 2.89. The zero-order chi connectivity index (χ0) is 13.7. The molecule has 0 amide bonds. The Balaban J connectivity index is 1.98. The lowest BCUT2D eigenvalue weighted by atomic mass is 9.99. The molecule has 1 N–H and O–H groups in total. The largest absolute Gasteiger partial charge is 0.318 e. The van der Waals surface area contributed by atoms with E-state index < -0.39 is 0 Å². The average molecular weight is 260 g/mol. The maximum Gasteiger partial charge on any atom is 0.0237 e. The molecule has 0 aliphatic carbocycles. The molecule has 0 spiro atoms. The maximum atomic E-state index is 3.34. The van der Waals surface area contributed by atoms with Crippen LogP contribution < -0.4 is 5.32 Å². The summed E-state index contributed by atoms with van der Waals surface area (Å²) >= 11 is 0. The smallest absolute Gasteiger partial charge is 0.0237 e. The number of likely N-dealkylation sites (N-methyl/N-ethyl adjacent to an activating group) is 1. The van der Waals surface area contributed by atoms with E-state index in [1.807, 2.05) is 0 Å². The van der Waals surface area contributed by atoms with E-state index in [0.717, 1.165) is 13.1 Å². The Labute approximate surface area is 118 Å². The summed E-state index contributed by atoms with van der Waals surface area (Å²) in [4.78, 5) is 2.64. The quantitative estimate of drug-likeness (QED) is 0.873. The number of nitrogens with one attached hydrogen (secondary N) is 1. The first-order valence-electron chi connectivity index (χ1n) is 7.68. The molecule has 2 heteroatoms. The summed E-state index contributed by atoms with van der Waals surface area (Å²) in [7, 11) is 2.06. The SMILES string of the molecule is CNCC1CCCCN1Cc1ccc(C(C)C)cc1. The first kappa shape index (κ1) is 14.5. The second-order valence-corrected chi connectivity index (χ2v) is 6.07. The first-order valence-corrected chi connectivity index (χ1v) is 7.68. The van der Waals surface area contributed by atoms with Crippen molar-refractivity contribution in [3.8, 4) is 0 Å². The molecular formula is C17H28N2. The Morgan fingerprint density at radius 2 is 1.95 bits per heavy atom. The maximum absolute atomic E-state index is 3.34. The van der Waals surface area contributed by atoms with Gasteiger partial charge in [-0.2, -0.15) is 0 Å². The van der Waals surface area contributed by atoms with Crippen molar-refractivity contribution in [1.29, 1.82) is 0 Å². The summed E-state index contributed by atoms with van der Waals surface area (Å²) < 4.78 is 0. The van der Waals surface area contributed by atoms with E-state index in [4.69, 9.17) is 0 Å². The Bertz CT molecular complexity index is 367. The van der Waals surface area contributed by atoms with Crippen molar-refractivity contribution in [2.45, 2.75) is 51.6 Å². The van der Waals surface area contributed by atoms with E-state index >= 15 is 0 Å². The van der Waals surface area contributed by atoms with Crippen LogP contribution in [0.2, 0.25) is 0 Å². The van der Waals surface area contributed by atoms with E-state index in [1.165, 1.54) is 36.9 Å². The van der Waals surface area contributed by atoms with Crippen LogP contribution in [0.1, 0.15) is 50.2 Å². The molecule has 1 saturated heterocycles. The van der Waals surface area contributed by atoms with E-state index in [0.29, 0.717) is 12.0 Å². The summed E-state index contributed by atoms with van der Waals surface area (Å²) in [6.07, 6.45) is 4.07. The molecule has 1 heterocycles. The van der Waals surface area contributed by atoms with Gasteiger partial charge in [0.25, 0.3) is 0 Å². The van der Waals surface area contributed by atoms with Crippen molar-refractivity contribution in [3.63, 3.8) is 0 Å². The van der Waals surface area contributed by atoms with Gasteiger partial charge in [-0.05, 0) is 43.5 Å². The van der Waals surface area contributed by atoms with E-state index in [2.05, 4.69) is 55.4 Å². The van der Waals surface area contributed by atoms with Gasteiger partial charge < -0.3 is 5.32 Å². The van der Waals surface area contributed by atoms with Gasteiger partial charge in [-0.1, -0.05) is 44.5 Å². The van der Waals surface area contributed by atoms with Gasteiger partial charge in [0.15, 0.2) is 0 Å². The van der Waals surface area contributed by atoms with Crippen LogP contribution in [0.3, 0.4) is 0 Å². The minimum Gasteiger partial charge on any atom is -0.318 e. The Morgan fingerprint density at radius 1 is 1.21 bits per heavy atom. The Morgan fingerprint density at radius 3 is 2.58 bits per heavy atom. The lowest BCUT2D eigenvalue weighted by Crippen LogP contribution is -2.44. The van der Waals surface area contributed by atoms with Crippen molar-refractivity contribution in [2.24, 2.45) is 0 Å². The molecule has 106 valence electrons. The third-order valence-electron chi connectivity index (χ3n) is 4.22. The molecule has 0 radical (unpaired) electrons. The highest BCUT2D eigenvalue weighted by atomic mass is 15.2. The van der Waals surface area contributed by atoms with Crippen LogP contribution in [0.5, 0.6) is 0 Å². The summed E-state index contributed by atoms with van der Waals surface area (Å²) in [5.74, 6) is 0.626. The van der Waals surface area contributed by atoms with Gasteiger partial charge in [0.1, 0.15) is 0 Å². The fourth-order valence-electron chi connectivity index (χ4n) is 2.98. The number of benzene rings is 1. The predicted octanol–water partition coefficient (Wildman–Crippen LogP) is 3.38. The van der Waals surface area contributed by atoms with Gasteiger partial charge >= 0.3 is 0 Å². The molecule has 1 aliphatic rings. The van der Waals surface area contributed by atoms with Crippen LogP contribution in [0.4, 0.5) is 0 Å². The van der Waals surface area contributed by atoms with Crippen molar-refractivity contribution in [1.82, 2.24) is 10.2 Å². The summed E-state index contributed by atoms with van der Waals surface area (Å²) in [5, 5.41) is 3.34. The van der Waals surface area contributed by atoms with Crippen LogP contribution in [0, 0.1) is 0 Å². The molecule has 1 fully saturated rings. The van der Waals surface area contributed by atoms with Crippen LogP contribution >= 0.6 is 0 Å². The Hall–Kier alpha value is -0.860. The zero-order valence-electron chi connectivity index (χ0n) is 12.7. The third-order valence-corrected chi connectivity index (χ3v) is 4.22. The minimum atomic E-state index is 0.626. The highest BCUT2D eigenvalue weighted by Gasteiger charge is 2.21. The van der Waals surface area contributed by atoms with Crippen LogP contribution in [-0.4, -0.2) is 31.1 Å². The average Bonchev–Trinajstić information content (AvgIpc) is 2.42. The van der Waals surface area contributed by atoms with Crippen LogP contribution in [0.15, 0.2) is 24.3 Å². The predicted molar refractivity (Wildman–Crippen MR) is 82.5 cm³/mol. The number of rotatable bonds is 5. The molecule has 0 saturated carbocycles. The highest BCUT2D eigenvalue weighted by Crippen LogP contribution is 2.20. The number of hydrogen-bond donors (Lipinski definition) is 1. The standard InChI is InChI=1S/C17H28N2/c1-14(2)16-9-7-15(8-10-16)13-19-11-5-4-6-17(19)12-18-3/h7-10,14,17-18H,4-6,11-13H2,1-3H3. The lowest BCUT2D eigenvalue weighted by Gasteiger charge is -2.35. The monoisotopic (exact) mass is 260 g/mol. The molecule has 2 nitrogen and oxygen atoms in total. The molecule has 1 aromatic carbocycles. The van der Waals surface area contributed by atoms with E-state index in [-0.39, 0.29) is 0 Å². The molecule has 1 aromatic rings.